The van der Waals surface area contributed by atoms with Gasteiger partial charge < -0.3 is 30.1 Å². The average molecular weight is 529 g/mol. The molecular formula is C28H40N4O6. The van der Waals surface area contributed by atoms with E-state index in [1.165, 1.54) is 4.90 Å². The molecule has 1 spiro atoms. The van der Waals surface area contributed by atoms with Crippen molar-refractivity contribution in [3.05, 3.63) is 35.9 Å². The highest BCUT2D eigenvalue weighted by molar-refractivity contribution is 5.99. The standard InChI is InChI=1S/C28H40N4O6/c1-18-16-28-22(21(24(34)29-3)27(18,2)38-28)26(36)32(20(17-33)15-19-7-5-4-6-8-19)23(28)25(35)30-9-10-31-11-13-37-14-12-31/h4-8,18,20-23,33H,9-17H2,1-3H3,(H,29,34)(H,30,35)/t18?,20-,21-,22+,23?,27+,28?/m1/s1. The van der Waals surface area contributed by atoms with E-state index in [-0.39, 0.29) is 30.2 Å². The van der Waals surface area contributed by atoms with Gasteiger partial charge in [0, 0.05) is 33.2 Å². The van der Waals surface area contributed by atoms with Crippen LogP contribution in [0.5, 0.6) is 0 Å². The van der Waals surface area contributed by atoms with Crippen molar-refractivity contribution >= 4 is 17.7 Å². The summed E-state index contributed by atoms with van der Waals surface area (Å²) in [5, 5.41) is 16.3. The molecule has 3 amide bonds. The van der Waals surface area contributed by atoms with Crippen LogP contribution in [0.3, 0.4) is 0 Å². The van der Waals surface area contributed by atoms with Crippen LogP contribution in [0.15, 0.2) is 30.3 Å². The maximum atomic E-state index is 14.2. The van der Waals surface area contributed by atoms with Gasteiger partial charge in [0.2, 0.25) is 17.7 Å². The molecular weight excluding hydrogens is 488 g/mol. The number of amides is 3. The number of ether oxygens (including phenoxy) is 2. The quantitative estimate of drug-likeness (QED) is 0.406. The molecule has 4 aliphatic rings. The molecule has 3 N–H and O–H groups in total. The molecule has 0 radical (unpaired) electrons. The molecule has 1 aromatic rings. The highest BCUT2D eigenvalue weighted by Gasteiger charge is 2.80. The van der Waals surface area contributed by atoms with Gasteiger partial charge in [-0.25, -0.2) is 0 Å². The summed E-state index contributed by atoms with van der Waals surface area (Å²) in [7, 11) is 1.56. The molecule has 208 valence electrons. The number of aliphatic hydroxyl groups excluding tert-OH is 1. The van der Waals surface area contributed by atoms with E-state index < -0.39 is 35.1 Å². The number of morpholine rings is 1. The molecule has 0 saturated carbocycles. The fraction of sp³-hybridized carbons (Fsp3) is 0.679. The number of rotatable bonds is 9. The Balaban J connectivity index is 1.47. The summed E-state index contributed by atoms with van der Waals surface area (Å²) in [6.45, 7) is 7.68. The molecule has 10 nitrogen and oxygen atoms in total. The van der Waals surface area contributed by atoms with Gasteiger partial charge in [0.1, 0.15) is 11.6 Å². The molecule has 1 aromatic carbocycles. The number of nitrogens with one attached hydrogen (secondary N) is 2. The summed E-state index contributed by atoms with van der Waals surface area (Å²) in [5.74, 6) is -2.38. The SMILES string of the molecule is CNC(=O)[C@H]1[C@H]2C(=O)N([C@@H](CO)Cc3ccccc3)C(C(=O)NCCN3CCOCC3)C23CC(C)[C@]1(C)O3. The van der Waals surface area contributed by atoms with Gasteiger partial charge in [-0.05, 0) is 31.2 Å². The number of nitrogens with zero attached hydrogens (tertiary/aromatic N) is 2. The Morgan fingerprint density at radius 3 is 2.55 bits per heavy atom. The lowest BCUT2D eigenvalue weighted by molar-refractivity contribution is -0.150. The first kappa shape index (κ1) is 27.1. The monoisotopic (exact) mass is 528 g/mol. The molecule has 5 rings (SSSR count). The van der Waals surface area contributed by atoms with Gasteiger partial charge in [-0.15, -0.1) is 0 Å². The molecule has 4 aliphatic heterocycles. The second-order valence-corrected chi connectivity index (χ2v) is 11.3. The predicted molar refractivity (Wildman–Crippen MR) is 139 cm³/mol. The van der Waals surface area contributed by atoms with E-state index in [1.54, 1.807) is 7.05 Å². The minimum absolute atomic E-state index is 0.0286. The number of benzene rings is 1. The van der Waals surface area contributed by atoms with Crippen LogP contribution in [-0.2, 0) is 30.3 Å². The van der Waals surface area contributed by atoms with Crippen LogP contribution >= 0.6 is 0 Å². The lowest BCUT2D eigenvalue weighted by atomic mass is 9.62. The maximum absolute atomic E-state index is 14.2. The van der Waals surface area contributed by atoms with E-state index in [2.05, 4.69) is 15.5 Å². The zero-order chi connectivity index (χ0) is 27.1. The molecule has 10 heteroatoms. The molecule has 4 fully saturated rings. The average Bonchev–Trinajstić information content (AvgIpc) is 3.44. The number of carbonyl (C=O) groups is 3. The number of fused-ring (bicyclic) bond motifs is 1. The van der Waals surface area contributed by atoms with Crippen LogP contribution in [0, 0.1) is 17.8 Å². The Hall–Kier alpha value is -2.53. The van der Waals surface area contributed by atoms with Gasteiger partial charge in [0.25, 0.3) is 0 Å². The summed E-state index contributed by atoms with van der Waals surface area (Å²) in [4.78, 5) is 45.2. The van der Waals surface area contributed by atoms with Gasteiger partial charge in [-0.2, -0.15) is 0 Å². The van der Waals surface area contributed by atoms with E-state index in [0.29, 0.717) is 39.1 Å². The van der Waals surface area contributed by atoms with Gasteiger partial charge in [-0.3, -0.25) is 19.3 Å². The van der Waals surface area contributed by atoms with E-state index >= 15 is 0 Å². The lowest BCUT2D eigenvalue weighted by Crippen LogP contribution is -2.59. The number of likely N-dealkylation sites (tertiary alicyclic amines) is 1. The first-order valence-corrected chi connectivity index (χ1v) is 13.7. The summed E-state index contributed by atoms with van der Waals surface area (Å²) in [5.41, 5.74) is -1.03. The third kappa shape index (κ3) is 4.31. The van der Waals surface area contributed by atoms with Gasteiger partial charge >= 0.3 is 0 Å². The van der Waals surface area contributed by atoms with Crippen LogP contribution in [0.2, 0.25) is 0 Å². The Morgan fingerprint density at radius 2 is 1.89 bits per heavy atom. The predicted octanol–water partition coefficient (Wildman–Crippen LogP) is -0.205. The second kappa shape index (κ2) is 10.6. The molecule has 2 bridgehead atoms. The molecule has 4 saturated heterocycles. The highest BCUT2D eigenvalue weighted by Crippen LogP contribution is 2.65. The zero-order valence-corrected chi connectivity index (χ0v) is 22.5. The van der Waals surface area contributed by atoms with Crippen molar-refractivity contribution in [2.75, 3.05) is 53.0 Å². The lowest BCUT2D eigenvalue weighted by Gasteiger charge is -2.37. The largest absolute Gasteiger partial charge is 0.394 e. The second-order valence-electron chi connectivity index (χ2n) is 11.3. The van der Waals surface area contributed by atoms with E-state index in [9.17, 15) is 19.5 Å². The molecule has 7 atom stereocenters. The Kier molecular flexibility index (Phi) is 7.52. The third-order valence-corrected chi connectivity index (χ3v) is 9.28. The fourth-order valence-electron chi connectivity index (χ4n) is 7.32. The third-order valence-electron chi connectivity index (χ3n) is 9.28. The topological polar surface area (TPSA) is 120 Å². The molecule has 3 unspecified atom stereocenters. The number of hydrogen-bond acceptors (Lipinski definition) is 7. The number of hydrogen-bond donors (Lipinski definition) is 3. The number of carbonyl (C=O) groups excluding carboxylic acids is 3. The van der Waals surface area contributed by atoms with Crippen LogP contribution in [0.25, 0.3) is 0 Å². The van der Waals surface area contributed by atoms with Crippen LogP contribution < -0.4 is 10.6 Å². The van der Waals surface area contributed by atoms with E-state index in [1.807, 2.05) is 44.2 Å². The summed E-state index contributed by atoms with van der Waals surface area (Å²) in [6, 6.07) is 8.05. The number of aliphatic hydroxyl groups is 1. The molecule has 0 aliphatic carbocycles. The highest BCUT2D eigenvalue weighted by atomic mass is 16.5. The van der Waals surface area contributed by atoms with Gasteiger partial charge in [0.05, 0.1) is 43.3 Å². The normalized spacial score (nSPS) is 35.3. The Morgan fingerprint density at radius 1 is 1.18 bits per heavy atom. The maximum Gasteiger partial charge on any atom is 0.245 e. The molecule has 4 heterocycles. The van der Waals surface area contributed by atoms with Crippen molar-refractivity contribution < 1.29 is 29.0 Å². The van der Waals surface area contributed by atoms with Crippen molar-refractivity contribution in [3.8, 4) is 0 Å². The van der Waals surface area contributed by atoms with Crippen molar-refractivity contribution in [1.82, 2.24) is 20.4 Å². The minimum Gasteiger partial charge on any atom is -0.394 e. The van der Waals surface area contributed by atoms with Crippen molar-refractivity contribution in [2.24, 2.45) is 17.8 Å². The van der Waals surface area contributed by atoms with Crippen molar-refractivity contribution in [3.63, 3.8) is 0 Å². The van der Waals surface area contributed by atoms with Crippen molar-refractivity contribution in [1.29, 1.82) is 0 Å². The van der Waals surface area contributed by atoms with Gasteiger partial charge in [0.15, 0.2) is 0 Å². The summed E-state index contributed by atoms with van der Waals surface area (Å²) < 4.78 is 12.1. The molecule has 38 heavy (non-hydrogen) atoms. The van der Waals surface area contributed by atoms with Crippen molar-refractivity contribution in [2.45, 2.75) is 50.0 Å². The van der Waals surface area contributed by atoms with E-state index in [0.717, 1.165) is 18.7 Å². The van der Waals surface area contributed by atoms with E-state index in [4.69, 9.17) is 9.47 Å². The first-order valence-electron chi connectivity index (χ1n) is 13.7. The van der Waals surface area contributed by atoms with Crippen LogP contribution in [0.1, 0.15) is 25.8 Å². The van der Waals surface area contributed by atoms with Crippen LogP contribution in [-0.4, -0.2) is 109 Å². The van der Waals surface area contributed by atoms with Crippen LogP contribution in [0.4, 0.5) is 0 Å². The van der Waals surface area contributed by atoms with Gasteiger partial charge in [-0.1, -0.05) is 37.3 Å². The Bertz CT molecular complexity index is 1050. The smallest absolute Gasteiger partial charge is 0.245 e. The molecule has 0 aromatic heterocycles. The first-order chi connectivity index (χ1) is 18.3. The minimum atomic E-state index is -1.13. The fourth-order valence-corrected chi connectivity index (χ4v) is 7.32. The Labute approximate surface area is 224 Å². The summed E-state index contributed by atoms with van der Waals surface area (Å²) in [6.07, 6.45) is 0.885. The summed E-state index contributed by atoms with van der Waals surface area (Å²) >= 11 is 0. The zero-order valence-electron chi connectivity index (χ0n) is 22.5.